The van der Waals surface area contributed by atoms with Crippen LogP contribution in [-0.4, -0.2) is 73.4 Å². The van der Waals surface area contributed by atoms with Crippen molar-refractivity contribution in [1.82, 2.24) is 5.32 Å². The number of aliphatic hydroxyl groups is 1. The van der Waals surface area contributed by atoms with Crippen molar-refractivity contribution in [2.45, 2.75) is 193 Å². The van der Waals surface area contributed by atoms with Crippen molar-refractivity contribution >= 4 is 13.7 Å². The van der Waals surface area contributed by atoms with Gasteiger partial charge < -0.3 is 19.8 Å². The van der Waals surface area contributed by atoms with Crippen LogP contribution >= 0.6 is 7.82 Å². The summed E-state index contributed by atoms with van der Waals surface area (Å²) in [6, 6.07) is -0.857. The molecular weight excluding hydrogens is 864 g/mol. The summed E-state index contributed by atoms with van der Waals surface area (Å²) in [6.45, 7) is 4.60. The number of hydrogen-bond donors (Lipinski definition) is 3. The molecule has 0 saturated heterocycles. The maximum Gasteiger partial charge on any atom is 0.472 e. The summed E-state index contributed by atoms with van der Waals surface area (Å²) in [7, 11) is 1.54. The summed E-state index contributed by atoms with van der Waals surface area (Å²) < 4.78 is 23.5. The van der Waals surface area contributed by atoms with E-state index in [4.69, 9.17) is 9.05 Å². The van der Waals surface area contributed by atoms with Crippen molar-refractivity contribution in [2.75, 3.05) is 40.9 Å². The van der Waals surface area contributed by atoms with Gasteiger partial charge in [-0.3, -0.25) is 13.8 Å². The van der Waals surface area contributed by atoms with Crippen molar-refractivity contribution in [3.05, 3.63) is 134 Å². The highest BCUT2D eigenvalue weighted by Gasteiger charge is 2.27. The van der Waals surface area contributed by atoms with Crippen molar-refractivity contribution in [1.29, 1.82) is 0 Å². The third kappa shape index (κ3) is 50.5. The molecule has 0 aromatic carbocycles. The number of unbranched alkanes of at least 4 members (excludes halogenated alkanes) is 13. The fourth-order valence-electron chi connectivity index (χ4n) is 6.71. The van der Waals surface area contributed by atoms with Gasteiger partial charge in [0.05, 0.1) is 39.9 Å². The van der Waals surface area contributed by atoms with Gasteiger partial charge in [-0.25, -0.2) is 4.57 Å². The second-order valence-corrected chi connectivity index (χ2v) is 20.0. The molecule has 9 heteroatoms. The van der Waals surface area contributed by atoms with Gasteiger partial charge in [0.15, 0.2) is 0 Å². The Balaban J connectivity index is 4.03. The van der Waals surface area contributed by atoms with Gasteiger partial charge in [-0.05, 0) is 96.3 Å². The fraction of sp³-hybridized carbons (Fsp3) is 0.610. The average molecular weight is 964 g/mol. The number of rotatable bonds is 46. The van der Waals surface area contributed by atoms with Crippen LogP contribution in [-0.2, 0) is 18.4 Å². The molecule has 1 amide bonds. The molecule has 0 saturated carbocycles. The third-order valence-electron chi connectivity index (χ3n) is 10.9. The summed E-state index contributed by atoms with van der Waals surface area (Å²) in [4.78, 5) is 23.1. The molecule has 0 aromatic rings. The number of nitrogens with one attached hydrogen (secondary N) is 1. The van der Waals surface area contributed by atoms with E-state index in [0.29, 0.717) is 17.4 Å². The maximum absolute atomic E-state index is 12.8. The second-order valence-electron chi connectivity index (χ2n) is 18.5. The number of quaternary nitrogens is 1. The molecule has 3 N–H and O–H groups in total. The number of phosphoric acid groups is 1. The molecule has 0 aliphatic heterocycles. The lowest BCUT2D eigenvalue weighted by atomic mass is 10.1. The third-order valence-corrected chi connectivity index (χ3v) is 11.9. The molecule has 68 heavy (non-hydrogen) atoms. The number of carbonyl (C=O) groups excluding carboxylic acids is 1. The lowest BCUT2D eigenvalue weighted by Crippen LogP contribution is -2.45. The van der Waals surface area contributed by atoms with Crippen LogP contribution in [0.1, 0.15) is 181 Å². The summed E-state index contributed by atoms with van der Waals surface area (Å²) >= 11 is 0. The molecule has 8 nitrogen and oxygen atoms in total. The fourth-order valence-corrected chi connectivity index (χ4v) is 7.45. The number of nitrogens with zero attached hydrogens (tertiary/aromatic N) is 1. The normalized spacial score (nSPS) is 15.1. The minimum Gasteiger partial charge on any atom is -0.387 e. The Morgan fingerprint density at radius 1 is 0.515 bits per heavy atom. The van der Waals surface area contributed by atoms with Crippen LogP contribution in [0.15, 0.2) is 134 Å². The number of likely N-dealkylation sites (N-methyl/N-ethyl adjacent to an activating group) is 1. The van der Waals surface area contributed by atoms with Crippen molar-refractivity contribution in [3.63, 3.8) is 0 Å². The van der Waals surface area contributed by atoms with Gasteiger partial charge >= 0.3 is 7.82 Å². The molecule has 0 spiro atoms. The molecule has 386 valence electrons. The summed E-state index contributed by atoms with van der Waals surface area (Å²) in [6.07, 6.45) is 74.3. The first kappa shape index (κ1) is 64.6. The van der Waals surface area contributed by atoms with E-state index in [1.54, 1.807) is 6.08 Å². The smallest absolute Gasteiger partial charge is 0.387 e. The lowest BCUT2D eigenvalue weighted by Gasteiger charge is -2.25. The van der Waals surface area contributed by atoms with Crippen molar-refractivity contribution in [2.24, 2.45) is 0 Å². The van der Waals surface area contributed by atoms with E-state index < -0.39 is 20.0 Å². The van der Waals surface area contributed by atoms with Gasteiger partial charge in [-0.1, -0.05) is 212 Å². The summed E-state index contributed by atoms with van der Waals surface area (Å²) in [5, 5.41) is 13.7. The number of aliphatic hydroxyl groups excluding tert-OH is 1. The maximum atomic E-state index is 12.8. The Labute approximate surface area is 417 Å². The highest BCUT2D eigenvalue weighted by molar-refractivity contribution is 7.47. The Hall–Kier alpha value is -3.36. The molecule has 0 bridgehead atoms. The standard InChI is InChI=1S/C59H99N2O6P/c1-6-8-10-12-14-15-16-17-18-19-20-21-22-23-24-25-26-27-28-29-30-31-32-33-34-35-36-37-38-39-40-41-42-43-44-45-47-49-51-53-59(63)60-57(58(62)52-50-48-46-13-11-9-7-2)56-67-68(64,65)66-55-54-61(3,4)5/h8,10,14-15,17-18,20-21,23-24,26-27,29-30,32-33,35-36,38-39,50,52,57-58,62H,6-7,9,11-13,16,19,22,25,28,31,34,37,40-49,51,53-56H2,1-5H3,(H-,60,63,64,65)/p+1/b10-8-,15-14-,18-17-,21-20-,24-23-,27-26-,30-29-,33-32-,36-35-,39-38-,52-50+. The molecule has 0 aliphatic carbocycles. The quantitative estimate of drug-likeness (QED) is 0.0243. The highest BCUT2D eigenvalue weighted by Crippen LogP contribution is 2.43. The first-order valence-corrected chi connectivity index (χ1v) is 28.1. The van der Waals surface area contributed by atoms with Gasteiger partial charge in [-0.15, -0.1) is 0 Å². The van der Waals surface area contributed by atoms with E-state index in [1.807, 2.05) is 27.2 Å². The zero-order chi connectivity index (χ0) is 49.9. The van der Waals surface area contributed by atoms with Crippen LogP contribution in [0, 0.1) is 0 Å². The predicted octanol–water partition coefficient (Wildman–Crippen LogP) is 16.0. The monoisotopic (exact) mass is 964 g/mol. The van der Waals surface area contributed by atoms with Gasteiger partial charge in [-0.2, -0.15) is 0 Å². The number of phosphoric ester groups is 1. The molecule has 3 unspecified atom stereocenters. The number of carbonyl (C=O) groups is 1. The van der Waals surface area contributed by atoms with Gasteiger partial charge in [0.2, 0.25) is 5.91 Å². The van der Waals surface area contributed by atoms with Crippen LogP contribution in [0.2, 0.25) is 0 Å². The minimum atomic E-state index is -4.34. The average Bonchev–Trinajstić information content (AvgIpc) is 3.30. The lowest BCUT2D eigenvalue weighted by molar-refractivity contribution is -0.870. The molecule has 0 fully saturated rings. The van der Waals surface area contributed by atoms with Crippen molar-refractivity contribution < 1.29 is 32.9 Å². The van der Waals surface area contributed by atoms with E-state index in [9.17, 15) is 19.4 Å². The van der Waals surface area contributed by atoms with Crippen LogP contribution in [0.5, 0.6) is 0 Å². The molecule has 3 atom stereocenters. The zero-order valence-corrected chi connectivity index (χ0v) is 44.7. The summed E-state index contributed by atoms with van der Waals surface area (Å²) in [5.41, 5.74) is 0. The predicted molar refractivity (Wildman–Crippen MR) is 294 cm³/mol. The van der Waals surface area contributed by atoms with Gasteiger partial charge in [0.25, 0.3) is 0 Å². The number of allylic oxidation sites excluding steroid dienone is 21. The van der Waals surface area contributed by atoms with Crippen molar-refractivity contribution in [3.8, 4) is 0 Å². The van der Waals surface area contributed by atoms with E-state index in [-0.39, 0.29) is 19.1 Å². The Kier molecular flexibility index (Phi) is 46.3. The molecule has 0 rings (SSSR count). The van der Waals surface area contributed by atoms with Crippen LogP contribution in [0.3, 0.4) is 0 Å². The Morgan fingerprint density at radius 2 is 0.882 bits per heavy atom. The molecule has 0 heterocycles. The Morgan fingerprint density at radius 3 is 1.29 bits per heavy atom. The van der Waals surface area contributed by atoms with Gasteiger partial charge in [0, 0.05) is 6.42 Å². The van der Waals surface area contributed by atoms with Crippen LogP contribution < -0.4 is 5.32 Å². The first-order valence-electron chi connectivity index (χ1n) is 26.6. The van der Waals surface area contributed by atoms with E-state index in [0.717, 1.165) is 116 Å². The first-order chi connectivity index (χ1) is 33.0. The molecule has 0 aliphatic rings. The molecule has 0 radical (unpaired) electrons. The number of hydrogen-bond acceptors (Lipinski definition) is 5. The summed E-state index contributed by atoms with van der Waals surface area (Å²) in [5.74, 6) is -0.197. The topological polar surface area (TPSA) is 105 Å². The van der Waals surface area contributed by atoms with Crippen LogP contribution in [0.25, 0.3) is 0 Å². The van der Waals surface area contributed by atoms with E-state index >= 15 is 0 Å². The molecule has 0 aromatic heterocycles. The Bertz CT molecular complexity index is 1560. The zero-order valence-electron chi connectivity index (χ0n) is 43.8. The van der Waals surface area contributed by atoms with E-state index in [2.05, 4.69) is 141 Å². The SMILES string of the molecule is CC/C=C\C/C=C\C/C=C\C/C=C\C/C=C\C/C=C\C/C=C\C/C=C\C/C=C\C/C=C\CCCCCCCCCCC(=O)NC(COP(=O)(O)OCC[N+](C)(C)C)C(O)/C=C/CCCCCCC. The second kappa shape index (κ2) is 48.7. The largest absolute Gasteiger partial charge is 0.472 e. The molecular formula is C59H100N2O6P+. The van der Waals surface area contributed by atoms with Crippen LogP contribution in [0.4, 0.5) is 0 Å². The highest BCUT2D eigenvalue weighted by atomic mass is 31.2. The van der Waals surface area contributed by atoms with Gasteiger partial charge in [0.1, 0.15) is 13.2 Å². The minimum absolute atomic E-state index is 0.0525. The van der Waals surface area contributed by atoms with E-state index in [1.165, 1.54) is 44.9 Å². The number of amides is 1.